The smallest absolute Gasteiger partial charge is 0.222 e. The van der Waals surface area contributed by atoms with Crippen molar-refractivity contribution in [3.05, 3.63) is 45.4 Å². The van der Waals surface area contributed by atoms with Gasteiger partial charge in [-0.25, -0.2) is 4.98 Å². The molecule has 1 saturated carbocycles. The van der Waals surface area contributed by atoms with E-state index in [0.717, 1.165) is 29.3 Å². The van der Waals surface area contributed by atoms with Crippen LogP contribution in [0.4, 0.5) is 0 Å². The minimum absolute atomic E-state index is 0.221. The fourth-order valence-corrected chi connectivity index (χ4v) is 3.53. The van der Waals surface area contributed by atoms with Crippen LogP contribution in [0.1, 0.15) is 48.0 Å². The maximum absolute atomic E-state index is 12.1. The molecule has 4 nitrogen and oxygen atoms in total. The largest absolute Gasteiger partial charge is 0.486 e. The molecule has 1 amide bonds. The predicted molar refractivity (Wildman–Crippen MR) is 96.2 cm³/mol. The van der Waals surface area contributed by atoms with Crippen LogP contribution in [0, 0.1) is 13.8 Å². The van der Waals surface area contributed by atoms with Gasteiger partial charge in [-0.3, -0.25) is 4.79 Å². The van der Waals surface area contributed by atoms with E-state index < -0.39 is 0 Å². The fraction of sp³-hybridized carbons (Fsp3) is 0.474. The molecular weight excluding hydrogens is 320 g/mol. The number of hydrogen-bond acceptors (Lipinski definition) is 4. The van der Waals surface area contributed by atoms with Gasteiger partial charge in [-0.1, -0.05) is 13.0 Å². The van der Waals surface area contributed by atoms with Gasteiger partial charge in [-0.05, 0) is 49.9 Å². The van der Waals surface area contributed by atoms with Crippen LogP contribution in [0.3, 0.4) is 0 Å². The third-order valence-corrected chi connectivity index (χ3v) is 4.97. The van der Waals surface area contributed by atoms with Crippen molar-refractivity contribution in [1.82, 2.24) is 9.88 Å². The maximum Gasteiger partial charge on any atom is 0.222 e. The van der Waals surface area contributed by atoms with Crippen molar-refractivity contribution in [3.8, 4) is 5.75 Å². The normalized spacial score (nSPS) is 13.8. The van der Waals surface area contributed by atoms with Crippen molar-refractivity contribution in [2.24, 2.45) is 0 Å². The Morgan fingerprint density at radius 1 is 1.29 bits per heavy atom. The molecule has 5 heteroatoms. The number of benzene rings is 1. The molecule has 1 heterocycles. The topological polar surface area (TPSA) is 42.4 Å². The molecular formula is C19H24N2O2S. The van der Waals surface area contributed by atoms with E-state index in [0.29, 0.717) is 25.6 Å². The number of hydrogen-bond donors (Lipinski definition) is 0. The molecule has 1 aliphatic carbocycles. The van der Waals surface area contributed by atoms with Crippen LogP contribution >= 0.6 is 11.3 Å². The lowest BCUT2D eigenvalue weighted by Gasteiger charge is -2.20. The highest BCUT2D eigenvalue weighted by molar-refractivity contribution is 7.09. The van der Waals surface area contributed by atoms with E-state index in [1.54, 1.807) is 11.3 Å². The molecule has 0 saturated heterocycles. The zero-order valence-corrected chi connectivity index (χ0v) is 15.4. The zero-order chi connectivity index (χ0) is 17.1. The number of thiazole rings is 1. The summed E-state index contributed by atoms with van der Waals surface area (Å²) >= 11 is 1.60. The zero-order valence-electron chi connectivity index (χ0n) is 14.5. The lowest BCUT2D eigenvalue weighted by molar-refractivity contribution is -0.132. The molecule has 0 bridgehead atoms. The number of carbonyl (C=O) groups excluding carboxylic acids is 1. The second-order valence-corrected chi connectivity index (χ2v) is 7.39. The molecule has 1 aliphatic rings. The Kier molecular flexibility index (Phi) is 5.19. The van der Waals surface area contributed by atoms with E-state index >= 15 is 0 Å². The molecule has 3 rings (SSSR count). The van der Waals surface area contributed by atoms with Crippen LogP contribution in [0.15, 0.2) is 23.6 Å². The van der Waals surface area contributed by atoms with Gasteiger partial charge in [-0.15, -0.1) is 11.3 Å². The van der Waals surface area contributed by atoms with Gasteiger partial charge < -0.3 is 9.64 Å². The Balaban J connectivity index is 1.59. The Morgan fingerprint density at radius 3 is 2.62 bits per heavy atom. The molecule has 1 fully saturated rings. The highest BCUT2D eigenvalue weighted by Gasteiger charge is 2.32. The Labute approximate surface area is 147 Å². The Hall–Kier alpha value is -1.88. The number of amides is 1. The van der Waals surface area contributed by atoms with Crippen molar-refractivity contribution < 1.29 is 9.53 Å². The van der Waals surface area contributed by atoms with Gasteiger partial charge in [0.25, 0.3) is 0 Å². The Bertz CT molecular complexity index is 702. The van der Waals surface area contributed by atoms with Gasteiger partial charge in [0.2, 0.25) is 5.91 Å². The maximum atomic E-state index is 12.1. The van der Waals surface area contributed by atoms with Gasteiger partial charge in [0.1, 0.15) is 17.4 Å². The third-order valence-electron chi connectivity index (χ3n) is 4.10. The summed E-state index contributed by atoms with van der Waals surface area (Å²) in [6.45, 7) is 7.15. The summed E-state index contributed by atoms with van der Waals surface area (Å²) in [4.78, 5) is 18.7. The number of nitrogens with zero attached hydrogens (tertiary/aromatic N) is 2. The standard InChI is InChI=1S/C19H24N2O2S/c1-4-19(22)21(16-5-6-16)10-15-12-24-18(20-15)11-23-17-8-13(2)7-14(3)9-17/h7-9,12,16H,4-6,10-11H2,1-3H3. The van der Waals surface area contributed by atoms with E-state index in [1.807, 2.05) is 29.3 Å². The first-order chi connectivity index (χ1) is 11.5. The van der Waals surface area contributed by atoms with Crippen molar-refractivity contribution in [2.45, 2.75) is 59.2 Å². The number of aryl methyl sites for hydroxylation is 2. The number of ether oxygens (including phenoxy) is 1. The first-order valence-corrected chi connectivity index (χ1v) is 9.37. The van der Waals surface area contributed by atoms with Gasteiger partial charge in [0, 0.05) is 17.8 Å². The first-order valence-electron chi connectivity index (χ1n) is 8.49. The van der Waals surface area contributed by atoms with Crippen LogP contribution in [0.2, 0.25) is 0 Å². The number of aromatic nitrogens is 1. The second-order valence-electron chi connectivity index (χ2n) is 6.45. The van der Waals surface area contributed by atoms with Gasteiger partial charge in [0.15, 0.2) is 0 Å². The van der Waals surface area contributed by atoms with Crippen LogP contribution in [-0.2, 0) is 17.9 Å². The van der Waals surface area contributed by atoms with Crippen LogP contribution in [0.25, 0.3) is 0 Å². The summed E-state index contributed by atoms with van der Waals surface area (Å²) in [6, 6.07) is 6.63. The van der Waals surface area contributed by atoms with Crippen molar-refractivity contribution in [1.29, 1.82) is 0 Å². The van der Waals surface area contributed by atoms with E-state index in [4.69, 9.17) is 4.74 Å². The summed E-state index contributed by atoms with van der Waals surface area (Å²) in [7, 11) is 0. The van der Waals surface area contributed by atoms with E-state index in [-0.39, 0.29) is 5.91 Å². The van der Waals surface area contributed by atoms with E-state index in [1.165, 1.54) is 11.1 Å². The molecule has 0 spiro atoms. The SMILES string of the molecule is CCC(=O)N(Cc1csc(COc2cc(C)cc(C)c2)n1)C1CC1. The summed E-state index contributed by atoms with van der Waals surface area (Å²) in [5.74, 6) is 1.10. The third kappa shape index (κ3) is 4.35. The second kappa shape index (κ2) is 7.34. The minimum Gasteiger partial charge on any atom is -0.486 e. The molecule has 0 unspecified atom stereocenters. The number of carbonyl (C=O) groups is 1. The lowest BCUT2D eigenvalue weighted by atomic mass is 10.1. The van der Waals surface area contributed by atoms with Crippen molar-refractivity contribution in [3.63, 3.8) is 0 Å². The highest BCUT2D eigenvalue weighted by Crippen LogP contribution is 2.29. The molecule has 0 atom stereocenters. The predicted octanol–water partition coefficient (Wildman–Crippen LogP) is 4.24. The quantitative estimate of drug-likeness (QED) is 0.754. The molecule has 2 aromatic rings. The van der Waals surface area contributed by atoms with Crippen LogP contribution < -0.4 is 4.74 Å². The molecule has 1 aromatic heterocycles. The molecule has 0 radical (unpaired) electrons. The van der Waals surface area contributed by atoms with E-state index in [2.05, 4.69) is 24.9 Å². The van der Waals surface area contributed by atoms with Crippen molar-refractivity contribution in [2.75, 3.05) is 0 Å². The van der Waals surface area contributed by atoms with Gasteiger partial charge in [0.05, 0.1) is 12.2 Å². The van der Waals surface area contributed by atoms with Crippen molar-refractivity contribution >= 4 is 17.2 Å². The van der Waals surface area contributed by atoms with Crippen LogP contribution in [0.5, 0.6) is 5.75 Å². The average Bonchev–Trinajstić information content (AvgIpc) is 3.28. The van der Waals surface area contributed by atoms with Crippen LogP contribution in [-0.4, -0.2) is 21.8 Å². The minimum atomic E-state index is 0.221. The Morgan fingerprint density at radius 2 is 2.00 bits per heavy atom. The summed E-state index contributed by atoms with van der Waals surface area (Å²) in [5, 5.41) is 2.99. The van der Waals surface area contributed by atoms with Gasteiger partial charge >= 0.3 is 0 Å². The van der Waals surface area contributed by atoms with Gasteiger partial charge in [-0.2, -0.15) is 0 Å². The monoisotopic (exact) mass is 344 g/mol. The summed E-state index contributed by atoms with van der Waals surface area (Å²) in [5.41, 5.74) is 3.36. The molecule has 128 valence electrons. The molecule has 24 heavy (non-hydrogen) atoms. The number of rotatable bonds is 7. The van der Waals surface area contributed by atoms with E-state index in [9.17, 15) is 4.79 Å². The molecule has 0 aliphatic heterocycles. The summed E-state index contributed by atoms with van der Waals surface area (Å²) in [6.07, 6.45) is 2.81. The average molecular weight is 344 g/mol. The molecule has 0 N–H and O–H groups in total. The summed E-state index contributed by atoms with van der Waals surface area (Å²) < 4.78 is 5.87. The fourth-order valence-electron chi connectivity index (χ4n) is 2.83. The highest BCUT2D eigenvalue weighted by atomic mass is 32.1. The molecule has 1 aromatic carbocycles. The lowest BCUT2D eigenvalue weighted by Crippen LogP contribution is -2.32. The first kappa shape index (κ1) is 17.0.